The Kier molecular flexibility index (Phi) is 8.09. The number of benzene rings is 3. The molecule has 1 aliphatic heterocycles. The van der Waals surface area contributed by atoms with E-state index in [0.29, 0.717) is 48.1 Å². The fraction of sp³-hybridized carbons (Fsp3) is 0.233. The van der Waals surface area contributed by atoms with Crippen LogP contribution in [0, 0.1) is 0 Å². The first kappa shape index (κ1) is 26.2. The number of carbonyl (C=O) groups is 3. The van der Waals surface area contributed by atoms with Gasteiger partial charge in [0, 0.05) is 48.4 Å². The highest BCUT2D eigenvalue weighted by Crippen LogP contribution is 2.23. The third-order valence-corrected chi connectivity index (χ3v) is 6.46. The van der Waals surface area contributed by atoms with Gasteiger partial charge in [0.15, 0.2) is 11.4 Å². The first-order valence-electron chi connectivity index (χ1n) is 12.1. The van der Waals surface area contributed by atoms with Crippen LogP contribution >= 0.6 is 11.6 Å². The Bertz CT molecular complexity index is 1280. The summed E-state index contributed by atoms with van der Waals surface area (Å²) in [5.41, 5.74) is 0.912. The van der Waals surface area contributed by atoms with Crippen LogP contribution in [0.15, 0.2) is 84.9 Å². The molecule has 7 heteroatoms. The van der Waals surface area contributed by atoms with Crippen molar-refractivity contribution < 1.29 is 19.1 Å². The van der Waals surface area contributed by atoms with Gasteiger partial charge >= 0.3 is 0 Å². The second-order valence-electron chi connectivity index (χ2n) is 9.33. The molecular weight excluding hydrogens is 488 g/mol. The standard InChI is InChI=1S/C30H29ClN2O4/c1-30(2,37-26-15-11-24(12-16-26)28(35)23-9-13-25(31)14-10-23)29(36)33-20-18-32(19-21-33)27(34)17-8-22-6-4-3-5-7-22/h3-17H,18-21H2,1-2H3/b17-8+. The van der Waals surface area contributed by atoms with Crippen molar-refractivity contribution in [3.63, 3.8) is 0 Å². The number of amides is 2. The van der Waals surface area contributed by atoms with Crippen molar-refractivity contribution in [3.05, 3.63) is 107 Å². The van der Waals surface area contributed by atoms with E-state index in [4.69, 9.17) is 16.3 Å². The number of nitrogens with zero attached hydrogens (tertiary/aromatic N) is 2. The highest BCUT2D eigenvalue weighted by Gasteiger charge is 2.36. The molecule has 1 saturated heterocycles. The summed E-state index contributed by atoms with van der Waals surface area (Å²) < 4.78 is 6.02. The Morgan fingerprint density at radius 2 is 1.32 bits per heavy atom. The van der Waals surface area contributed by atoms with Crippen LogP contribution in [0.2, 0.25) is 5.02 Å². The fourth-order valence-electron chi connectivity index (χ4n) is 4.13. The number of rotatable bonds is 7. The maximum Gasteiger partial charge on any atom is 0.266 e. The minimum Gasteiger partial charge on any atom is -0.478 e. The lowest BCUT2D eigenvalue weighted by Crippen LogP contribution is -2.56. The Morgan fingerprint density at radius 1 is 0.784 bits per heavy atom. The fourth-order valence-corrected chi connectivity index (χ4v) is 4.25. The quantitative estimate of drug-likeness (QED) is 0.323. The van der Waals surface area contributed by atoms with E-state index in [0.717, 1.165) is 5.56 Å². The van der Waals surface area contributed by atoms with Gasteiger partial charge in [-0.25, -0.2) is 0 Å². The summed E-state index contributed by atoms with van der Waals surface area (Å²) in [7, 11) is 0. The van der Waals surface area contributed by atoms with Gasteiger partial charge < -0.3 is 14.5 Å². The summed E-state index contributed by atoms with van der Waals surface area (Å²) in [5, 5.41) is 0.570. The summed E-state index contributed by atoms with van der Waals surface area (Å²) >= 11 is 5.90. The minimum atomic E-state index is -1.11. The lowest BCUT2D eigenvalue weighted by molar-refractivity contribution is -0.149. The first-order chi connectivity index (χ1) is 17.7. The zero-order valence-corrected chi connectivity index (χ0v) is 21.6. The zero-order valence-electron chi connectivity index (χ0n) is 20.9. The van der Waals surface area contributed by atoms with Crippen LogP contribution in [0.25, 0.3) is 6.08 Å². The molecule has 4 rings (SSSR count). The molecule has 2 amide bonds. The number of piperazine rings is 1. The Morgan fingerprint density at radius 3 is 1.92 bits per heavy atom. The van der Waals surface area contributed by atoms with E-state index in [-0.39, 0.29) is 17.6 Å². The average Bonchev–Trinajstić information content (AvgIpc) is 2.92. The van der Waals surface area contributed by atoms with Gasteiger partial charge in [-0.2, -0.15) is 0 Å². The van der Waals surface area contributed by atoms with Crippen LogP contribution in [0.1, 0.15) is 35.3 Å². The van der Waals surface area contributed by atoms with Gasteiger partial charge in [-0.3, -0.25) is 14.4 Å². The molecule has 0 aromatic heterocycles. The van der Waals surface area contributed by atoms with Crippen molar-refractivity contribution in [2.45, 2.75) is 19.4 Å². The minimum absolute atomic E-state index is 0.0697. The molecule has 0 radical (unpaired) electrons. The van der Waals surface area contributed by atoms with E-state index in [2.05, 4.69) is 0 Å². The summed E-state index contributed by atoms with van der Waals surface area (Å²) in [4.78, 5) is 41.9. The van der Waals surface area contributed by atoms with Crippen molar-refractivity contribution in [2.24, 2.45) is 0 Å². The van der Waals surface area contributed by atoms with E-state index in [9.17, 15) is 14.4 Å². The Labute approximate surface area is 222 Å². The molecule has 3 aromatic rings. The molecule has 0 atom stereocenters. The van der Waals surface area contributed by atoms with Crippen molar-refractivity contribution in [1.29, 1.82) is 0 Å². The molecule has 0 saturated carbocycles. The van der Waals surface area contributed by atoms with Gasteiger partial charge in [-0.05, 0) is 74.0 Å². The topological polar surface area (TPSA) is 66.9 Å². The molecule has 1 heterocycles. The second kappa shape index (κ2) is 11.4. The van der Waals surface area contributed by atoms with E-state index >= 15 is 0 Å². The van der Waals surface area contributed by atoms with Gasteiger partial charge in [-0.1, -0.05) is 41.9 Å². The molecule has 0 aliphatic carbocycles. The SMILES string of the molecule is CC(C)(Oc1ccc(C(=O)c2ccc(Cl)cc2)cc1)C(=O)N1CCN(C(=O)/C=C/c2ccccc2)CC1. The molecular formula is C30H29ClN2O4. The molecule has 190 valence electrons. The van der Waals surface area contributed by atoms with Gasteiger partial charge in [0.2, 0.25) is 5.91 Å². The predicted octanol–water partition coefficient (Wildman–Crippen LogP) is 5.11. The number of carbonyl (C=O) groups excluding carboxylic acids is 3. The van der Waals surface area contributed by atoms with Gasteiger partial charge in [0.25, 0.3) is 5.91 Å². The third kappa shape index (κ3) is 6.66. The van der Waals surface area contributed by atoms with Gasteiger partial charge in [0.05, 0.1) is 0 Å². The lowest BCUT2D eigenvalue weighted by Gasteiger charge is -2.38. The molecule has 0 unspecified atom stereocenters. The van der Waals surface area contributed by atoms with Crippen LogP contribution < -0.4 is 4.74 Å². The van der Waals surface area contributed by atoms with Crippen molar-refractivity contribution >= 4 is 35.3 Å². The zero-order chi connectivity index (χ0) is 26.4. The molecule has 0 N–H and O–H groups in total. The Balaban J connectivity index is 1.31. The molecule has 0 bridgehead atoms. The van der Waals surface area contributed by atoms with Crippen LogP contribution in [0.3, 0.4) is 0 Å². The van der Waals surface area contributed by atoms with Crippen LogP contribution in [-0.2, 0) is 9.59 Å². The van der Waals surface area contributed by atoms with Crippen molar-refractivity contribution in [3.8, 4) is 5.75 Å². The monoisotopic (exact) mass is 516 g/mol. The van der Waals surface area contributed by atoms with E-state index in [1.807, 2.05) is 30.3 Å². The molecule has 37 heavy (non-hydrogen) atoms. The highest BCUT2D eigenvalue weighted by atomic mass is 35.5. The van der Waals surface area contributed by atoms with Gasteiger partial charge in [-0.15, -0.1) is 0 Å². The summed E-state index contributed by atoms with van der Waals surface area (Å²) in [5.74, 6) is 0.149. The second-order valence-corrected chi connectivity index (χ2v) is 9.77. The third-order valence-electron chi connectivity index (χ3n) is 6.21. The highest BCUT2D eigenvalue weighted by molar-refractivity contribution is 6.30. The maximum absolute atomic E-state index is 13.2. The maximum atomic E-state index is 13.2. The number of hydrogen-bond donors (Lipinski definition) is 0. The van der Waals surface area contributed by atoms with Crippen LogP contribution in [-0.4, -0.2) is 59.2 Å². The number of ketones is 1. The lowest BCUT2D eigenvalue weighted by atomic mass is 10.0. The molecule has 1 fully saturated rings. The van der Waals surface area contributed by atoms with Crippen LogP contribution in [0.5, 0.6) is 5.75 Å². The van der Waals surface area contributed by atoms with E-state index in [1.165, 1.54) is 0 Å². The normalized spacial score (nSPS) is 14.0. The average molecular weight is 517 g/mol. The largest absolute Gasteiger partial charge is 0.478 e. The van der Waals surface area contributed by atoms with Crippen molar-refractivity contribution in [1.82, 2.24) is 9.80 Å². The smallest absolute Gasteiger partial charge is 0.266 e. The summed E-state index contributed by atoms with van der Waals surface area (Å²) in [6, 6.07) is 23.1. The number of hydrogen-bond acceptors (Lipinski definition) is 4. The predicted molar refractivity (Wildman–Crippen MR) is 145 cm³/mol. The Hall–Kier alpha value is -3.90. The van der Waals surface area contributed by atoms with Gasteiger partial charge in [0.1, 0.15) is 5.75 Å². The number of ether oxygens (including phenoxy) is 1. The molecule has 6 nitrogen and oxygen atoms in total. The molecule has 1 aliphatic rings. The van der Waals surface area contributed by atoms with E-state index in [1.54, 1.807) is 84.3 Å². The number of halogens is 1. The summed E-state index contributed by atoms with van der Waals surface area (Å²) in [6.07, 6.45) is 3.37. The molecule has 0 spiro atoms. The van der Waals surface area contributed by atoms with E-state index < -0.39 is 5.60 Å². The summed E-state index contributed by atoms with van der Waals surface area (Å²) in [6.45, 7) is 5.24. The molecule has 3 aromatic carbocycles. The van der Waals surface area contributed by atoms with Crippen molar-refractivity contribution in [2.75, 3.05) is 26.2 Å². The first-order valence-corrected chi connectivity index (χ1v) is 12.5. The van der Waals surface area contributed by atoms with Crippen LogP contribution in [0.4, 0.5) is 0 Å².